The Morgan fingerprint density at radius 3 is 0.988 bits per heavy atom. The molecule has 0 saturated carbocycles. The molecule has 0 aliphatic rings. The van der Waals surface area contributed by atoms with E-state index in [1.54, 1.807) is 0 Å². The lowest BCUT2D eigenvalue weighted by molar-refractivity contribution is -0.143. The van der Waals surface area contributed by atoms with Crippen molar-refractivity contribution in [1.29, 1.82) is 0 Å². The molecule has 0 bridgehead atoms. The lowest BCUT2D eigenvalue weighted by Gasteiger charge is -2.22. The number of allylic oxidation sites excluding steroid dienone is 8. The third kappa shape index (κ3) is 65.0. The first-order valence-corrected chi connectivity index (χ1v) is 35.9. The Balaban J connectivity index is 3.41. The molecule has 0 aliphatic heterocycles. The van der Waals surface area contributed by atoms with Crippen LogP contribution in [-0.4, -0.2) is 47.4 Å². The maximum absolute atomic E-state index is 12.5. The summed E-state index contributed by atoms with van der Waals surface area (Å²) in [5, 5.41) is 23.4. The zero-order chi connectivity index (χ0) is 57.8. The zero-order valence-electron chi connectivity index (χ0n) is 53.8. The predicted octanol–water partition coefficient (Wildman–Crippen LogP) is 23.3. The number of carbonyl (C=O) groups excluding carboxylic acids is 2. The van der Waals surface area contributed by atoms with Gasteiger partial charge in [-0.1, -0.05) is 339 Å². The summed E-state index contributed by atoms with van der Waals surface area (Å²) < 4.78 is 5.48. The zero-order valence-corrected chi connectivity index (χ0v) is 53.8. The Kier molecular flexibility index (Phi) is 67.4. The normalized spacial score (nSPS) is 12.8. The molecular weight excluding hydrogens is 983 g/mol. The van der Waals surface area contributed by atoms with Gasteiger partial charge >= 0.3 is 5.97 Å². The van der Waals surface area contributed by atoms with Gasteiger partial charge in [0.15, 0.2) is 0 Å². The van der Waals surface area contributed by atoms with Gasteiger partial charge in [0.2, 0.25) is 5.91 Å². The summed E-state index contributed by atoms with van der Waals surface area (Å²) in [6, 6.07) is -0.544. The number of aliphatic hydroxyl groups excluding tert-OH is 2. The Morgan fingerprint density at radius 1 is 0.350 bits per heavy atom. The number of hydrogen-bond acceptors (Lipinski definition) is 5. The van der Waals surface area contributed by atoms with Crippen LogP contribution in [0, 0.1) is 0 Å². The molecule has 1 amide bonds. The highest BCUT2D eigenvalue weighted by Gasteiger charge is 2.20. The first-order chi connectivity index (χ1) is 39.5. The quantitative estimate of drug-likeness (QED) is 0.0320. The first kappa shape index (κ1) is 77.8. The van der Waals surface area contributed by atoms with Crippen molar-refractivity contribution in [3.05, 3.63) is 48.6 Å². The minimum atomic E-state index is -0.667. The van der Waals surface area contributed by atoms with Crippen LogP contribution in [0.1, 0.15) is 386 Å². The van der Waals surface area contributed by atoms with Crippen molar-refractivity contribution in [1.82, 2.24) is 5.32 Å². The van der Waals surface area contributed by atoms with Crippen molar-refractivity contribution in [2.75, 3.05) is 13.2 Å². The standard InChI is InChI=1S/C74H139NO5/c1-3-5-7-9-11-13-15-17-19-20-21-33-36-39-42-46-50-54-58-62-66-72(77)71(70-76)75-73(78)67-63-59-55-51-47-43-40-37-34-31-29-27-25-23-22-24-26-28-30-32-35-38-41-45-49-53-57-61-65-69-80-74(79)68-64-60-56-52-48-44-18-16-14-12-10-8-6-4-2/h10,12,16,18,22,24,28,30,71-72,76-77H,3-9,11,13-15,17,19-21,23,25-27,29,31-70H2,1-2H3,(H,75,78)/b12-10-,18-16-,24-22-,30-28-. The average molecular weight is 1120 g/mol. The molecule has 0 rings (SSSR count). The summed E-state index contributed by atoms with van der Waals surface area (Å²) in [4.78, 5) is 24.6. The molecular formula is C74H139NO5. The van der Waals surface area contributed by atoms with Gasteiger partial charge in [-0.05, 0) is 83.5 Å². The minimum Gasteiger partial charge on any atom is -0.466 e. The second-order valence-electron chi connectivity index (χ2n) is 24.6. The molecule has 470 valence electrons. The van der Waals surface area contributed by atoms with Crippen molar-refractivity contribution in [2.45, 2.75) is 398 Å². The number of aliphatic hydroxyl groups is 2. The van der Waals surface area contributed by atoms with Crippen LogP contribution >= 0.6 is 0 Å². The van der Waals surface area contributed by atoms with Crippen LogP contribution in [0.15, 0.2) is 48.6 Å². The maximum atomic E-state index is 12.5. The largest absolute Gasteiger partial charge is 0.466 e. The van der Waals surface area contributed by atoms with Crippen molar-refractivity contribution >= 4 is 11.9 Å². The van der Waals surface area contributed by atoms with Crippen LogP contribution in [0.2, 0.25) is 0 Å². The molecule has 0 fully saturated rings. The molecule has 3 N–H and O–H groups in total. The van der Waals surface area contributed by atoms with Crippen molar-refractivity contribution in [2.24, 2.45) is 0 Å². The number of amides is 1. The fourth-order valence-corrected chi connectivity index (χ4v) is 11.1. The fraction of sp³-hybridized carbons (Fsp3) is 0.865. The monoisotopic (exact) mass is 1120 g/mol. The molecule has 0 saturated heterocycles. The molecule has 0 radical (unpaired) electrons. The molecule has 0 heterocycles. The van der Waals surface area contributed by atoms with E-state index in [1.807, 2.05) is 0 Å². The van der Waals surface area contributed by atoms with Gasteiger partial charge in [0, 0.05) is 12.8 Å². The topological polar surface area (TPSA) is 95.9 Å². The van der Waals surface area contributed by atoms with E-state index < -0.39 is 12.1 Å². The van der Waals surface area contributed by atoms with E-state index >= 15 is 0 Å². The third-order valence-electron chi connectivity index (χ3n) is 16.6. The number of rotatable bonds is 67. The van der Waals surface area contributed by atoms with Gasteiger partial charge in [0.1, 0.15) is 0 Å². The molecule has 6 nitrogen and oxygen atoms in total. The number of ether oxygens (including phenoxy) is 1. The molecule has 80 heavy (non-hydrogen) atoms. The number of hydrogen-bond donors (Lipinski definition) is 3. The molecule has 0 aromatic carbocycles. The number of unbranched alkanes of at least 4 members (excludes halogenated alkanes) is 48. The molecule has 2 unspecified atom stereocenters. The smallest absolute Gasteiger partial charge is 0.305 e. The summed E-state index contributed by atoms with van der Waals surface area (Å²) in [6.07, 6.45) is 90.2. The average Bonchev–Trinajstić information content (AvgIpc) is 3.46. The lowest BCUT2D eigenvalue weighted by Crippen LogP contribution is -2.45. The fourth-order valence-electron chi connectivity index (χ4n) is 11.1. The van der Waals surface area contributed by atoms with E-state index in [0.29, 0.717) is 25.9 Å². The highest BCUT2D eigenvalue weighted by atomic mass is 16.5. The highest BCUT2D eigenvalue weighted by Crippen LogP contribution is 2.18. The molecule has 0 aromatic rings. The number of esters is 1. The van der Waals surface area contributed by atoms with E-state index in [0.717, 1.165) is 57.8 Å². The van der Waals surface area contributed by atoms with E-state index in [9.17, 15) is 19.8 Å². The molecule has 2 atom stereocenters. The van der Waals surface area contributed by atoms with Crippen molar-refractivity contribution in [3.63, 3.8) is 0 Å². The van der Waals surface area contributed by atoms with E-state index in [1.165, 1.54) is 295 Å². The Bertz CT molecular complexity index is 1340. The van der Waals surface area contributed by atoms with Crippen LogP contribution in [0.5, 0.6) is 0 Å². The van der Waals surface area contributed by atoms with E-state index in [4.69, 9.17) is 4.74 Å². The van der Waals surface area contributed by atoms with E-state index in [2.05, 4.69) is 67.8 Å². The SMILES string of the molecule is CCCC/C=C\C/C=C\CCCCCCCC(=O)OCCCCCCCCCCC/C=C\C/C=C\CCCCCCCCCCCCCCCC(=O)NC(CO)C(O)CCCCCCCCCCCCCCCCCCCCCC. The van der Waals surface area contributed by atoms with Crippen LogP contribution < -0.4 is 5.32 Å². The Labute approximate surface area is 499 Å². The predicted molar refractivity (Wildman–Crippen MR) is 352 cm³/mol. The summed E-state index contributed by atoms with van der Waals surface area (Å²) >= 11 is 0. The Hall–Kier alpha value is -2.18. The van der Waals surface area contributed by atoms with Gasteiger partial charge in [-0.3, -0.25) is 9.59 Å². The van der Waals surface area contributed by atoms with Gasteiger partial charge in [-0.25, -0.2) is 0 Å². The number of nitrogens with one attached hydrogen (secondary N) is 1. The van der Waals surface area contributed by atoms with Gasteiger partial charge in [0.05, 0.1) is 25.4 Å². The summed E-state index contributed by atoms with van der Waals surface area (Å²) in [5.74, 6) is -0.0350. The second-order valence-corrected chi connectivity index (χ2v) is 24.6. The summed E-state index contributed by atoms with van der Waals surface area (Å²) in [5.41, 5.74) is 0. The van der Waals surface area contributed by atoms with Crippen molar-refractivity contribution < 1.29 is 24.5 Å². The van der Waals surface area contributed by atoms with E-state index in [-0.39, 0.29) is 18.5 Å². The van der Waals surface area contributed by atoms with Gasteiger partial charge in [-0.2, -0.15) is 0 Å². The molecule has 6 heteroatoms. The minimum absolute atomic E-state index is 0.00248. The number of carbonyl (C=O) groups is 2. The van der Waals surface area contributed by atoms with Crippen molar-refractivity contribution in [3.8, 4) is 0 Å². The summed E-state index contributed by atoms with van der Waals surface area (Å²) in [6.45, 7) is 4.93. The Morgan fingerprint density at radius 2 is 0.637 bits per heavy atom. The van der Waals surface area contributed by atoms with Gasteiger partial charge in [-0.15, -0.1) is 0 Å². The van der Waals surface area contributed by atoms with Crippen LogP contribution in [0.25, 0.3) is 0 Å². The van der Waals surface area contributed by atoms with Crippen LogP contribution in [-0.2, 0) is 14.3 Å². The highest BCUT2D eigenvalue weighted by molar-refractivity contribution is 5.76. The van der Waals surface area contributed by atoms with Gasteiger partial charge < -0.3 is 20.3 Å². The third-order valence-corrected chi connectivity index (χ3v) is 16.6. The van der Waals surface area contributed by atoms with Crippen LogP contribution in [0.3, 0.4) is 0 Å². The molecule has 0 spiro atoms. The first-order valence-electron chi connectivity index (χ1n) is 35.9. The maximum Gasteiger partial charge on any atom is 0.305 e. The lowest BCUT2D eigenvalue weighted by atomic mass is 10.0. The molecule has 0 aliphatic carbocycles. The second kappa shape index (κ2) is 69.3. The summed E-state index contributed by atoms with van der Waals surface area (Å²) in [7, 11) is 0. The van der Waals surface area contributed by atoms with Crippen LogP contribution in [0.4, 0.5) is 0 Å². The van der Waals surface area contributed by atoms with Gasteiger partial charge in [0.25, 0.3) is 0 Å². The molecule has 0 aromatic heterocycles.